The summed E-state index contributed by atoms with van der Waals surface area (Å²) in [5.41, 5.74) is 0. The van der Waals surface area contributed by atoms with Crippen molar-refractivity contribution >= 4 is 0 Å². The molecule has 1 saturated heterocycles. The van der Waals surface area contributed by atoms with Crippen molar-refractivity contribution < 1.29 is 0 Å². The molecule has 1 aliphatic heterocycles. The molecule has 0 spiro atoms. The van der Waals surface area contributed by atoms with Crippen LogP contribution in [0.2, 0.25) is 0 Å². The van der Waals surface area contributed by atoms with Crippen LogP contribution in [-0.4, -0.2) is 24.5 Å². The van der Waals surface area contributed by atoms with Gasteiger partial charge in [0.1, 0.15) is 0 Å². The molecule has 1 heterocycles. The van der Waals surface area contributed by atoms with Crippen molar-refractivity contribution in [3.05, 3.63) is 0 Å². The zero-order valence-corrected chi connectivity index (χ0v) is 6.72. The Labute approximate surface area is 58.0 Å². The lowest BCUT2D eigenvalue weighted by molar-refractivity contribution is 0.325. The molecule has 1 heteroatoms. The Balaban J connectivity index is 2.35. The molecule has 0 saturated carbocycles. The monoisotopic (exact) mass is 127 g/mol. The van der Waals surface area contributed by atoms with E-state index in [9.17, 15) is 0 Å². The fourth-order valence-corrected chi connectivity index (χ4v) is 1.62. The third kappa shape index (κ3) is 1.45. The van der Waals surface area contributed by atoms with Crippen LogP contribution in [0.25, 0.3) is 0 Å². The first kappa shape index (κ1) is 7.07. The highest BCUT2D eigenvalue weighted by molar-refractivity contribution is 4.78. The number of nitrogens with zero attached hydrogens (tertiary/aromatic N) is 1. The molecule has 0 bridgehead atoms. The molecule has 0 radical (unpaired) electrons. The number of hydrogen-bond donors (Lipinski definition) is 0. The molecule has 0 amide bonds. The fraction of sp³-hybridized carbons (Fsp3) is 1.00. The van der Waals surface area contributed by atoms with E-state index in [-0.39, 0.29) is 0 Å². The zero-order valence-electron chi connectivity index (χ0n) is 6.72. The summed E-state index contributed by atoms with van der Waals surface area (Å²) in [4.78, 5) is 2.45. The summed E-state index contributed by atoms with van der Waals surface area (Å²) < 4.78 is 0. The maximum Gasteiger partial charge on any atom is 0.00671 e. The van der Waals surface area contributed by atoms with Gasteiger partial charge in [-0.1, -0.05) is 13.3 Å². The second kappa shape index (κ2) is 2.70. The van der Waals surface area contributed by atoms with Crippen LogP contribution < -0.4 is 0 Å². The van der Waals surface area contributed by atoms with Gasteiger partial charge in [-0.3, -0.25) is 0 Å². The van der Waals surface area contributed by atoms with Gasteiger partial charge in [0.15, 0.2) is 0 Å². The Bertz CT molecular complexity index is 80.6. The van der Waals surface area contributed by atoms with Crippen molar-refractivity contribution in [2.45, 2.75) is 32.7 Å². The Morgan fingerprint density at radius 2 is 2.22 bits per heavy atom. The lowest BCUT2D eigenvalue weighted by atomic mass is 10.0. The van der Waals surface area contributed by atoms with Gasteiger partial charge in [0, 0.05) is 12.6 Å². The number of rotatable bonds is 1. The van der Waals surface area contributed by atoms with Gasteiger partial charge in [0.05, 0.1) is 0 Å². The van der Waals surface area contributed by atoms with E-state index in [2.05, 4.69) is 25.8 Å². The average molecular weight is 127 g/mol. The fourth-order valence-electron chi connectivity index (χ4n) is 1.62. The molecular weight excluding hydrogens is 110 g/mol. The normalized spacial score (nSPS) is 37.7. The highest BCUT2D eigenvalue weighted by atomic mass is 15.1. The minimum absolute atomic E-state index is 0.829. The van der Waals surface area contributed by atoms with E-state index in [0.717, 1.165) is 12.0 Å². The predicted molar refractivity (Wildman–Crippen MR) is 40.5 cm³/mol. The number of likely N-dealkylation sites (tertiary alicyclic amines) is 1. The first-order valence-electron chi connectivity index (χ1n) is 3.94. The molecular formula is C8H17N. The summed E-state index contributed by atoms with van der Waals surface area (Å²) in [6, 6.07) is 0.829. The topological polar surface area (TPSA) is 3.24 Å². The number of hydrogen-bond acceptors (Lipinski definition) is 1. The van der Waals surface area contributed by atoms with Crippen LogP contribution in [0.3, 0.4) is 0 Å². The smallest absolute Gasteiger partial charge is 0.00671 e. The summed E-state index contributed by atoms with van der Waals surface area (Å²) in [5.74, 6) is 0.977. The van der Waals surface area contributed by atoms with Crippen LogP contribution >= 0.6 is 0 Å². The van der Waals surface area contributed by atoms with Gasteiger partial charge in [0.2, 0.25) is 0 Å². The minimum atomic E-state index is 0.829. The van der Waals surface area contributed by atoms with E-state index in [1.807, 2.05) is 0 Å². The van der Waals surface area contributed by atoms with E-state index in [4.69, 9.17) is 0 Å². The Morgan fingerprint density at radius 3 is 2.44 bits per heavy atom. The van der Waals surface area contributed by atoms with Crippen LogP contribution in [0.5, 0.6) is 0 Å². The Kier molecular flexibility index (Phi) is 2.12. The van der Waals surface area contributed by atoms with Crippen LogP contribution in [0, 0.1) is 5.92 Å². The average Bonchev–Trinajstić information content (AvgIpc) is 2.13. The van der Waals surface area contributed by atoms with Gasteiger partial charge in [-0.15, -0.1) is 0 Å². The zero-order chi connectivity index (χ0) is 6.85. The molecule has 0 aromatic rings. The summed E-state index contributed by atoms with van der Waals surface area (Å²) in [7, 11) is 2.22. The molecule has 1 fully saturated rings. The van der Waals surface area contributed by atoms with E-state index >= 15 is 0 Å². The summed E-state index contributed by atoms with van der Waals surface area (Å²) >= 11 is 0. The molecule has 0 aromatic heterocycles. The second-order valence-corrected chi connectivity index (χ2v) is 3.30. The predicted octanol–water partition coefficient (Wildman–Crippen LogP) is 1.74. The standard InChI is InChI=1S/C8H17N/c1-4-8-5-7(2)9(3)6-8/h7-8H,4-6H2,1-3H3/t7?,8-/m0/s1. The molecule has 1 aliphatic rings. The quantitative estimate of drug-likeness (QED) is 0.518. The van der Waals surface area contributed by atoms with Crippen LogP contribution in [-0.2, 0) is 0 Å². The molecule has 1 unspecified atom stereocenters. The van der Waals surface area contributed by atoms with E-state index in [1.165, 1.54) is 19.4 Å². The van der Waals surface area contributed by atoms with E-state index < -0.39 is 0 Å². The van der Waals surface area contributed by atoms with E-state index in [1.54, 1.807) is 0 Å². The Morgan fingerprint density at radius 1 is 1.56 bits per heavy atom. The minimum Gasteiger partial charge on any atom is -0.303 e. The first-order valence-corrected chi connectivity index (χ1v) is 3.94. The third-order valence-electron chi connectivity index (χ3n) is 2.55. The molecule has 1 rings (SSSR count). The van der Waals surface area contributed by atoms with Crippen molar-refractivity contribution in [1.82, 2.24) is 4.90 Å². The second-order valence-electron chi connectivity index (χ2n) is 3.30. The highest BCUT2D eigenvalue weighted by Gasteiger charge is 2.23. The molecule has 1 nitrogen and oxygen atoms in total. The van der Waals surface area contributed by atoms with Crippen LogP contribution in [0.15, 0.2) is 0 Å². The molecule has 54 valence electrons. The SMILES string of the molecule is CC[C@H]1CC(C)N(C)C1. The van der Waals surface area contributed by atoms with E-state index in [0.29, 0.717) is 0 Å². The van der Waals surface area contributed by atoms with Gasteiger partial charge in [-0.25, -0.2) is 0 Å². The molecule has 9 heavy (non-hydrogen) atoms. The summed E-state index contributed by atoms with van der Waals surface area (Å²) in [6.07, 6.45) is 2.77. The van der Waals surface area contributed by atoms with Gasteiger partial charge in [0.25, 0.3) is 0 Å². The maximum absolute atomic E-state index is 2.45. The largest absolute Gasteiger partial charge is 0.303 e. The lowest BCUT2D eigenvalue weighted by Crippen LogP contribution is -2.21. The molecule has 2 atom stereocenters. The Hall–Kier alpha value is -0.0400. The van der Waals surface area contributed by atoms with Crippen molar-refractivity contribution in [1.29, 1.82) is 0 Å². The maximum atomic E-state index is 2.45. The van der Waals surface area contributed by atoms with Crippen molar-refractivity contribution in [2.75, 3.05) is 13.6 Å². The lowest BCUT2D eigenvalue weighted by Gasteiger charge is -2.12. The van der Waals surface area contributed by atoms with Crippen LogP contribution in [0.1, 0.15) is 26.7 Å². The van der Waals surface area contributed by atoms with Crippen LogP contribution in [0.4, 0.5) is 0 Å². The van der Waals surface area contributed by atoms with Gasteiger partial charge in [-0.05, 0) is 26.3 Å². The molecule has 0 aromatic carbocycles. The van der Waals surface area contributed by atoms with Crippen molar-refractivity contribution in [2.24, 2.45) is 5.92 Å². The van der Waals surface area contributed by atoms with Crippen molar-refractivity contribution in [3.8, 4) is 0 Å². The van der Waals surface area contributed by atoms with Gasteiger partial charge in [-0.2, -0.15) is 0 Å². The van der Waals surface area contributed by atoms with Gasteiger partial charge < -0.3 is 4.90 Å². The van der Waals surface area contributed by atoms with Gasteiger partial charge >= 0.3 is 0 Å². The highest BCUT2D eigenvalue weighted by Crippen LogP contribution is 2.22. The molecule has 0 aliphatic carbocycles. The third-order valence-corrected chi connectivity index (χ3v) is 2.55. The van der Waals surface area contributed by atoms with Crippen molar-refractivity contribution in [3.63, 3.8) is 0 Å². The first-order chi connectivity index (χ1) is 4.24. The summed E-state index contributed by atoms with van der Waals surface area (Å²) in [5, 5.41) is 0. The summed E-state index contributed by atoms with van der Waals surface area (Å²) in [6.45, 7) is 5.92. The molecule has 0 N–H and O–H groups in total.